The average molecular weight is 263 g/mol. The number of rotatable bonds is 5. The Morgan fingerprint density at radius 1 is 1.44 bits per heavy atom. The first-order chi connectivity index (χ1) is 8.66. The molecule has 6 heteroatoms. The largest absolute Gasteiger partial charge is 0.364 e. The fraction of sp³-hybridized carbons (Fsp3) is 0.250. The number of thiophene rings is 1. The molecule has 94 valence electrons. The highest BCUT2D eigenvalue weighted by atomic mass is 32.1. The third-order valence-electron chi connectivity index (χ3n) is 2.45. The van der Waals surface area contributed by atoms with Crippen molar-refractivity contribution >= 4 is 22.8 Å². The van der Waals surface area contributed by atoms with E-state index >= 15 is 0 Å². The average Bonchev–Trinajstić information content (AvgIpc) is 2.82. The van der Waals surface area contributed by atoms with E-state index < -0.39 is 4.92 Å². The number of nitro groups is 1. The molecule has 2 aromatic rings. The summed E-state index contributed by atoms with van der Waals surface area (Å²) in [5.41, 5.74) is 0.783. The van der Waals surface area contributed by atoms with Crippen LogP contribution in [-0.2, 0) is 6.42 Å². The van der Waals surface area contributed by atoms with Crippen LogP contribution in [0.5, 0.6) is 0 Å². The number of aryl methyl sites for hydroxylation is 1. The lowest BCUT2D eigenvalue weighted by atomic mass is 10.3. The van der Waals surface area contributed by atoms with Crippen molar-refractivity contribution in [3.8, 4) is 0 Å². The molecule has 0 spiro atoms. The fourth-order valence-electron chi connectivity index (χ4n) is 1.59. The Morgan fingerprint density at radius 3 is 2.94 bits per heavy atom. The van der Waals surface area contributed by atoms with Gasteiger partial charge in [-0.25, -0.2) is 4.98 Å². The Kier molecular flexibility index (Phi) is 3.88. The molecule has 0 saturated carbocycles. The molecule has 0 aliphatic carbocycles. The predicted octanol–water partition coefficient (Wildman–Crippen LogP) is 3.01. The van der Waals surface area contributed by atoms with Crippen LogP contribution < -0.4 is 5.32 Å². The Balaban J connectivity index is 2.03. The molecule has 0 bridgehead atoms. The number of hydrogen-bond donors (Lipinski definition) is 1. The van der Waals surface area contributed by atoms with E-state index in [4.69, 9.17) is 0 Å². The van der Waals surface area contributed by atoms with Gasteiger partial charge in [0.05, 0.1) is 4.92 Å². The molecule has 0 atom stereocenters. The van der Waals surface area contributed by atoms with Crippen LogP contribution in [0.2, 0.25) is 0 Å². The van der Waals surface area contributed by atoms with Crippen molar-refractivity contribution in [1.29, 1.82) is 0 Å². The van der Waals surface area contributed by atoms with Crippen molar-refractivity contribution in [3.63, 3.8) is 0 Å². The number of anilines is 1. The van der Waals surface area contributed by atoms with Crippen molar-refractivity contribution in [3.05, 3.63) is 50.3 Å². The fourth-order valence-corrected chi connectivity index (χ4v) is 2.29. The minimum absolute atomic E-state index is 0.0202. The molecular weight excluding hydrogens is 250 g/mol. The Bertz CT molecular complexity index is 540. The maximum atomic E-state index is 10.9. The Labute approximate surface area is 109 Å². The first-order valence-corrected chi connectivity index (χ1v) is 6.43. The summed E-state index contributed by atoms with van der Waals surface area (Å²) in [6.45, 7) is 2.45. The van der Waals surface area contributed by atoms with Gasteiger partial charge in [0.25, 0.3) is 0 Å². The van der Waals surface area contributed by atoms with Crippen molar-refractivity contribution < 1.29 is 4.92 Å². The van der Waals surface area contributed by atoms with Crippen LogP contribution in [0.15, 0.2) is 29.6 Å². The molecule has 0 aliphatic heterocycles. The SMILES string of the molecule is Cc1ccc([N+](=O)[O-])c(NCCc2cccs2)n1. The van der Waals surface area contributed by atoms with Gasteiger partial charge >= 0.3 is 5.69 Å². The second-order valence-electron chi connectivity index (χ2n) is 3.83. The maximum absolute atomic E-state index is 10.9. The summed E-state index contributed by atoms with van der Waals surface area (Å²) < 4.78 is 0. The number of pyridine rings is 1. The van der Waals surface area contributed by atoms with Gasteiger partial charge in [0, 0.05) is 23.2 Å². The molecule has 2 rings (SSSR count). The summed E-state index contributed by atoms with van der Waals surface area (Å²) in [4.78, 5) is 15.8. The zero-order valence-corrected chi connectivity index (χ0v) is 10.7. The Morgan fingerprint density at radius 2 is 2.28 bits per heavy atom. The molecule has 0 fully saturated rings. The summed E-state index contributed by atoms with van der Waals surface area (Å²) >= 11 is 1.68. The monoisotopic (exact) mass is 263 g/mol. The van der Waals surface area contributed by atoms with E-state index in [0.717, 1.165) is 12.1 Å². The number of nitrogens with zero attached hydrogens (tertiary/aromatic N) is 2. The molecule has 0 saturated heterocycles. The highest BCUT2D eigenvalue weighted by Gasteiger charge is 2.14. The second-order valence-corrected chi connectivity index (χ2v) is 4.87. The normalized spacial score (nSPS) is 10.3. The Hall–Kier alpha value is -1.95. The van der Waals surface area contributed by atoms with Crippen LogP contribution >= 0.6 is 11.3 Å². The van der Waals surface area contributed by atoms with Gasteiger partial charge in [-0.3, -0.25) is 10.1 Å². The summed E-state index contributed by atoms with van der Waals surface area (Å²) in [5.74, 6) is 0.344. The zero-order chi connectivity index (χ0) is 13.0. The maximum Gasteiger partial charge on any atom is 0.311 e. The quantitative estimate of drug-likeness (QED) is 0.665. The van der Waals surface area contributed by atoms with E-state index in [1.54, 1.807) is 17.4 Å². The summed E-state index contributed by atoms with van der Waals surface area (Å²) in [6.07, 6.45) is 0.838. The summed E-state index contributed by atoms with van der Waals surface area (Å²) in [7, 11) is 0. The smallest absolute Gasteiger partial charge is 0.311 e. The molecule has 1 N–H and O–H groups in total. The molecule has 0 amide bonds. The van der Waals surface area contributed by atoms with E-state index in [9.17, 15) is 10.1 Å². The third kappa shape index (κ3) is 3.04. The van der Waals surface area contributed by atoms with Crippen LogP contribution in [0, 0.1) is 17.0 Å². The van der Waals surface area contributed by atoms with Gasteiger partial charge in [-0.15, -0.1) is 11.3 Å². The van der Waals surface area contributed by atoms with E-state index in [1.165, 1.54) is 10.9 Å². The van der Waals surface area contributed by atoms with Gasteiger partial charge < -0.3 is 5.32 Å². The predicted molar refractivity (Wildman–Crippen MR) is 72.1 cm³/mol. The molecule has 2 heterocycles. The van der Waals surface area contributed by atoms with Gasteiger partial charge in [-0.05, 0) is 30.9 Å². The molecule has 2 aromatic heterocycles. The lowest BCUT2D eigenvalue weighted by Crippen LogP contribution is -2.08. The van der Waals surface area contributed by atoms with Crippen LogP contribution in [0.25, 0.3) is 0 Å². The van der Waals surface area contributed by atoms with Gasteiger partial charge in [-0.1, -0.05) is 6.07 Å². The molecule has 0 aliphatic rings. The van der Waals surface area contributed by atoms with Crippen molar-refractivity contribution in [2.75, 3.05) is 11.9 Å². The molecular formula is C12H13N3O2S. The van der Waals surface area contributed by atoms with Crippen molar-refractivity contribution in [2.24, 2.45) is 0 Å². The van der Waals surface area contributed by atoms with Crippen LogP contribution in [0.3, 0.4) is 0 Å². The van der Waals surface area contributed by atoms with Gasteiger partial charge in [0.1, 0.15) is 0 Å². The van der Waals surface area contributed by atoms with Crippen LogP contribution in [-0.4, -0.2) is 16.5 Å². The minimum atomic E-state index is -0.417. The van der Waals surface area contributed by atoms with Gasteiger partial charge in [0.15, 0.2) is 0 Å². The minimum Gasteiger partial charge on any atom is -0.364 e. The standard InChI is InChI=1S/C12H13N3O2S/c1-9-4-5-11(15(16)17)12(14-9)13-7-6-10-3-2-8-18-10/h2-5,8H,6-7H2,1H3,(H,13,14). The number of aromatic nitrogens is 1. The first-order valence-electron chi connectivity index (χ1n) is 5.55. The molecule has 0 radical (unpaired) electrons. The number of hydrogen-bond acceptors (Lipinski definition) is 5. The summed E-state index contributed by atoms with van der Waals surface area (Å²) in [6, 6.07) is 7.16. The lowest BCUT2D eigenvalue weighted by Gasteiger charge is -2.06. The molecule has 5 nitrogen and oxygen atoms in total. The van der Waals surface area contributed by atoms with Gasteiger partial charge in [0.2, 0.25) is 5.82 Å². The van der Waals surface area contributed by atoms with Gasteiger partial charge in [-0.2, -0.15) is 0 Å². The molecule has 0 aromatic carbocycles. The van der Waals surface area contributed by atoms with Crippen molar-refractivity contribution in [2.45, 2.75) is 13.3 Å². The number of nitrogens with one attached hydrogen (secondary N) is 1. The highest BCUT2D eigenvalue weighted by Crippen LogP contribution is 2.21. The van der Waals surface area contributed by atoms with Crippen LogP contribution in [0.1, 0.15) is 10.6 Å². The summed E-state index contributed by atoms with van der Waals surface area (Å²) in [5, 5.41) is 15.9. The second kappa shape index (κ2) is 5.59. The van der Waals surface area contributed by atoms with E-state index in [0.29, 0.717) is 12.4 Å². The van der Waals surface area contributed by atoms with Crippen LogP contribution in [0.4, 0.5) is 11.5 Å². The lowest BCUT2D eigenvalue weighted by molar-refractivity contribution is -0.384. The molecule has 18 heavy (non-hydrogen) atoms. The zero-order valence-electron chi connectivity index (χ0n) is 9.92. The highest BCUT2D eigenvalue weighted by molar-refractivity contribution is 7.09. The first kappa shape index (κ1) is 12.5. The van der Waals surface area contributed by atoms with E-state index in [-0.39, 0.29) is 5.69 Å². The van der Waals surface area contributed by atoms with E-state index in [1.807, 2.05) is 24.4 Å². The topological polar surface area (TPSA) is 68.1 Å². The third-order valence-corrected chi connectivity index (χ3v) is 3.39. The molecule has 0 unspecified atom stereocenters. The van der Waals surface area contributed by atoms with E-state index in [2.05, 4.69) is 10.3 Å². The van der Waals surface area contributed by atoms with Crippen molar-refractivity contribution in [1.82, 2.24) is 4.98 Å².